The van der Waals surface area contributed by atoms with E-state index in [9.17, 15) is 14.9 Å². The third-order valence-electron chi connectivity index (χ3n) is 4.72. The van der Waals surface area contributed by atoms with Gasteiger partial charge in [-0.1, -0.05) is 29.3 Å². The molecule has 10 nitrogen and oxygen atoms in total. The van der Waals surface area contributed by atoms with E-state index in [-0.39, 0.29) is 24.0 Å². The van der Waals surface area contributed by atoms with Crippen LogP contribution in [0.15, 0.2) is 59.3 Å². The van der Waals surface area contributed by atoms with Crippen LogP contribution in [0.2, 0.25) is 10.0 Å². The number of carbonyl (C=O) groups is 1. The predicted molar refractivity (Wildman–Crippen MR) is 124 cm³/mol. The van der Waals surface area contributed by atoms with Gasteiger partial charge >= 0.3 is 0 Å². The maximum atomic E-state index is 12.5. The maximum Gasteiger partial charge on any atom is 0.293 e. The molecule has 0 aliphatic rings. The Hall–Kier alpha value is -3.89. The van der Waals surface area contributed by atoms with Crippen LogP contribution in [0.1, 0.15) is 27.4 Å². The Balaban J connectivity index is 1.33. The summed E-state index contributed by atoms with van der Waals surface area (Å²) in [5.74, 6) is 0.492. The van der Waals surface area contributed by atoms with Crippen LogP contribution in [-0.2, 0) is 13.2 Å². The van der Waals surface area contributed by atoms with Crippen molar-refractivity contribution >= 4 is 40.7 Å². The first-order valence-electron chi connectivity index (χ1n) is 9.90. The number of aryl methyl sites for hydroxylation is 1. The van der Waals surface area contributed by atoms with Crippen molar-refractivity contribution in [3.05, 3.63) is 97.7 Å². The lowest BCUT2D eigenvalue weighted by Gasteiger charge is -2.05. The first-order chi connectivity index (χ1) is 16.3. The largest absolute Gasteiger partial charge is 0.486 e. The van der Waals surface area contributed by atoms with Gasteiger partial charge in [0.2, 0.25) is 5.95 Å². The lowest BCUT2D eigenvalue weighted by atomic mass is 10.2. The Kier molecular flexibility index (Phi) is 6.80. The molecule has 1 N–H and O–H groups in total. The number of furan rings is 1. The molecule has 1 amide bonds. The van der Waals surface area contributed by atoms with Gasteiger partial charge < -0.3 is 9.15 Å². The fourth-order valence-corrected chi connectivity index (χ4v) is 3.39. The van der Waals surface area contributed by atoms with E-state index < -0.39 is 10.8 Å². The SMILES string of the molecule is Cc1cc(OCc2ccc(C(=O)Nc3ncn(Cc4ccc(Cl)c(Cl)c4)n3)o2)ccc1[N+](=O)[O-]. The highest BCUT2D eigenvalue weighted by Gasteiger charge is 2.15. The van der Waals surface area contributed by atoms with Crippen LogP contribution < -0.4 is 10.1 Å². The summed E-state index contributed by atoms with van der Waals surface area (Å²) in [4.78, 5) is 27.0. The maximum absolute atomic E-state index is 12.5. The quantitative estimate of drug-likeness (QED) is 0.257. The zero-order chi connectivity index (χ0) is 24.2. The topological polar surface area (TPSA) is 125 Å². The third-order valence-corrected chi connectivity index (χ3v) is 5.46. The van der Waals surface area contributed by atoms with Crippen molar-refractivity contribution in [2.45, 2.75) is 20.1 Å². The van der Waals surface area contributed by atoms with Crippen LogP contribution in [0.5, 0.6) is 5.75 Å². The van der Waals surface area contributed by atoms with E-state index in [1.807, 2.05) is 6.07 Å². The minimum Gasteiger partial charge on any atom is -0.486 e. The van der Waals surface area contributed by atoms with E-state index in [2.05, 4.69) is 15.4 Å². The highest BCUT2D eigenvalue weighted by atomic mass is 35.5. The number of amides is 1. The number of hydrogen-bond donors (Lipinski definition) is 1. The molecule has 4 rings (SSSR count). The molecule has 0 fully saturated rings. The molecule has 4 aromatic rings. The number of nitro benzene ring substituents is 1. The average Bonchev–Trinajstić information content (AvgIpc) is 3.44. The number of hydrogen-bond acceptors (Lipinski definition) is 7. The van der Waals surface area contributed by atoms with Gasteiger partial charge in [-0.05, 0) is 48.9 Å². The van der Waals surface area contributed by atoms with E-state index in [1.54, 1.807) is 35.9 Å². The minimum atomic E-state index is -0.523. The van der Waals surface area contributed by atoms with E-state index in [0.717, 1.165) is 5.56 Å². The number of benzene rings is 2. The summed E-state index contributed by atoms with van der Waals surface area (Å²) in [6.07, 6.45) is 1.48. The van der Waals surface area contributed by atoms with Gasteiger partial charge in [0, 0.05) is 11.6 Å². The van der Waals surface area contributed by atoms with E-state index in [0.29, 0.717) is 33.7 Å². The molecule has 0 unspecified atom stereocenters. The fraction of sp³-hybridized carbons (Fsp3) is 0.136. The van der Waals surface area contributed by atoms with Gasteiger partial charge in [0.05, 0.1) is 21.5 Å². The summed E-state index contributed by atoms with van der Waals surface area (Å²) in [7, 11) is 0. The summed E-state index contributed by atoms with van der Waals surface area (Å²) in [6.45, 7) is 2.06. The molecular formula is C22H17Cl2N5O5. The third kappa shape index (κ3) is 5.53. The lowest BCUT2D eigenvalue weighted by molar-refractivity contribution is -0.385. The normalized spacial score (nSPS) is 10.8. The molecule has 0 aliphatic heterocycles. The number of nitrogens with one attached hydrogen (secondary N) is 1. The van der Waals surface area contributed by atoms with Gasteiger partial charge in [0.15, 0.2) is 5.76 Å². The zero-order valence-corrected chi connectivity index (χ0v) is 19.2. The van der Waals surface area contributed by atoms with E-state index in [4.69, 9.17) is 32.4 Å². The Morgan fingerprint density at radius 2 is 2.00 bits per heavy atom. The van der Waals surface area contributed by atoms with Crippen molar-refractivity contribution in [3.63, 3.8) is 0 Å². The molecule has 0 aliphatic carbocycles. The molecule has 0 atom stereocenters. The molecule has 2 aromatic heterocycles. The first-order valence-corrected chi connectivity index (χ1v) is 10.7. The van der Waals surface area contributed by atoms with Crippen molar-refractivity contribution in [1.29, 1.82) is 0 Å². The number of ether oxygens (including phenoxy) is 1. The molecule has 0 saturated carbocycles. The van der Waals surface area contributed by atoms with Crippen LogP contribution in [0.4, 0.5) is 11.6 Å². The standard InChI is InChI=1S/C22H17Cl2N5O5/c1-13-8-15(3-6-19(13)29(31)32)33-11-16-4-7-20(34-16)21(30)26-22-25-12-28(27-22)10-14-2-5-17(23)18(24)9-14/h2-9,12H,10-11H2,1H3,(H,26,27,30). The van der Waals surface area contributed by atoms with Crippen molar-refractivity contribution in [3.8, 4) is 5.75 Å². The molecule has 34 heavy (non-hydrogen) atoms. The van der Waals surface area contributed by atoms with Crippen LogP contribution in [0, 0.1) is 17.0 Å². The minimum absolute atomic E-state index is 0.0114. The van der Waals surface area contributed by atoms with Crippen LogP contribution in [0.25, 0.3) is 0 Å². The number of halogens is 2. The van der Waals surface area contributed by atoms with Crippen molar-refractivity contribution in [2.24, 2.45) is 0 Å². The predicted octanol–water partition coefficient (Wildman–Crippen LogP) is 5.27. The average molecular weight is 502 g/mol. The highest BCUT2D eigenvalue weighted by Crippen LogP contribution is 2.24. The second-order valence-corrected chi connectivity index (χ2v) is 8.04. The van der Waals surface area contributed by atoms with Crippen LogP contribution in [0.3, 0.4) is 0 Å². The summed E-state index contributed by atoms with van der Waals surface area (Å²) < 4.78 is 12.7. The summed E-state index contributed by atoms with van der Waals surface area (Å²) in [5.41, 5.74) is 1.36. The van der Waals surface area contributed by atoms with Crippen LogP contribution in [-0.4, -0.2) is 25.6 Å². The van der Waals surface area contributed by atoms with Crippen molar-refractivity contribution < 1.29 is 18.9 Å². The summed E-state index contributed by atoms with van der Waals surface area (Å²) in [6, 6.07) is 12.8. The van der Waals surface area contributed by atoms with Crippen LogP contribution >= 0.6 is 23.2 Å². The number of nitrogens with zero attached hydrogens (tertiary/aromatic N) is 4. The Labute approximate surface area is 203 Å². The molecule has 12 heteroatoms. The van der Waals surface area contributed by atoms with Gasteiger partial charge in [-0.3, -0.25) is 20.2 Å². The number of rotatable bonds is 8. The molecule has 174 valence electrons. The second-order valence-electron chi connectivity index (χ2n) is 7.23. The van der Waals surface area contributed by atoms with Gasteiger partial charge in [-0.25, -0.2) is 9.67 Å². The van der Waals surface area contributed by atoms with Gasteiger partial charge in [0.1, 0.15) is 24.4 Å². The van der Waals surface area contributed by atoms with Crippen molar-refractivity contribution in [2.75, 3.05) is 5.32 Å². The fourth-order valence-electron chi connectivity index (χ4n) is 3.07. The molecule has 0 bridgehead atoms. The van der Waals surface area contributed by atoms with Gasteiger partial charge in [-0.15, -0.1) is 5.10 Å². The number of aromatic nitrogens is 3. The molecule has 0 spiro atoms. The monoisotopic (exact) mass is 501 g/mol. The Morgan fingerprint density at radius 3 is 2.74 bits per heavy atom. The van der Waals surface area contributed by atoms with Crippen molar-refractivity contribution in [1.82, 2.24) is 14.8 Å². The molecule has 0 saturated heterocycles. The lowest BCUT2D eigenvalue weighted by Crippen LogP contribution is -2.12. The summed E-state index contributed by atoms with van der Waals surface area (Å²) >= 11 is 12.0. The second kappa shape index (κ2) is 9.94. The number of nitro groups is 1. The van der Waals surface area contributed by atoms with Gasteiger partial charge in [-0.2, -0.15) is 0 Å². The molecule has 2 aromatic carbocycles. The Morgan fingerprint density at radius 1 is 1.18 bits per heavy atom. The van der Waals surface area contributed by atoms with E-state index >= 15 is 0 Å². The Bertz CT molecular complexity index is 1370. The molecule has 2 heterocycles. The smallest absolute Gasteiger partial charge is 0.293 e. The highest BCUT2D eigenvalue weighted by molar-refractivity contribution is 6.42. The molecule has 0 radical (unpaired) electrons. The summed E-state index contributed by atoms with van der Waals surface area (Å²) in [5, 5.41) is 18.6. The first kappa shape index (κ1) is 23.3. The van der Waals surface area contributed by atoms with E-state index in [1.165, 1.54) is 24.5 Å². The zero-order valence-electron chi connectivity index (χ0n) is 17.7. The molecular weight excluding hydrogens is 485 g/mol. The number of anilines is 1. The van der Waals surface area contributed by atoms with Gasteiger partial charge in [0.25, 0.3) is 11.6 Å². The number of carbonyl (C=O) groups excluding carboxylic acids is 1.